The molecule has 3 radical (unpaired) electrons. The zero-order chi connectivity index (χ0) is 89.8. The van der Waals surface area contributed by atoms with Crippen LogP contribution in [0.3, 0.4) is 0 Å². The molecule has 24 rings (SSSR count). The number of pyridine rings is 6. The Bertz CT molecular complexity index is 7250. The maximum Gasteiger partial charge on any atom is 3.00 e. The van der Waals surface area contributed by atoms with E-state index in [-0.39, 0.29) is 141 Å². The van der Waals surface area contributed by atoms with Gasteiger partial charge in [0, 0.05) is 163 Å². The number of nitrogens with zero attached hydrogens (tertiary/aromatic N) is 10. The van der Waals surface area contributed by atoms with Gasteiger partial charge < -0.3 is 29.7 Å². The van der Waals surface area contributed by atoms with Crippen LogP contribution in [0.2, 0.25) is 0 Å². The molecule has 0 saturated heterocycles. The Kier molecular flexibility index (Phi) is 30.6. The van der Waals surface area contributed by atoms with Gasteiger partial charge in [0.05, 0.1) is 26.5 Å². The average Bonchev–Trinajstić information content (AvgIpc) is 1.59. The first-order valence-corrected chi connectivity index (χ1v) is 41.9. The monoisotopic (exact) mass is 2410 g/mol. The molecule has 0 unspecified atom stereocenters. The fraction of sp³-hybridized carbons (Fsp3) is 0.0268. The van der Waals surface area contributed by atoms with Crippen molar-refractivity contribution in [1.82, 2.24) is 29.9 Å². The second-order valence-electron chi connectivity index (χ2n) is 28.2. The van der Waals surface area contributed by atoms with Gasteiger partial charge in [-0.2, -0.15) is 50.8 Å². The topological polar surface area (TPSA) is 91.6 Å². The number of rotatable bonds is 8. The molecule has 0 atom stereocenters. The maximum absolute atomic E-state index is 7.97. The number of aromatic nitrogens is 8. The fourth-order valence-corrected chi connectivity index (χ4v) is 16.7. The largest absolute Gasteiger partial charge is 3.00 e. The van der Waals surface area contributed by atoms with E-state index in [0.29, 0.717) is 5.56 Å². The van der Waals surface area contributed by atoms with Crippen LogP contribution in [0.25, 0.3) is 130 Å². The molecule has 12 heterocycles. The Balaban J connectivity index is 0.000000131. The zero-order valence-corrected chi connectivity index (χ0v) is 79.9. The summed E-state index contributed by atoms with van der Waals surface area (Å²) in [5, 5.41) is 5.38. The Morgan fingerprint density at radius 1 is 0.367 bits per heavy atom. The van der Waals surface area contributed by atoms with Crippen molar-refractivity contribution in [2.45, 2.75) is 20.0 Å². The molecule has 629 valence electrons. The summed E-state index contributed by atoms with van der Waals surface area (Å²) in [7, 11) is 0. The molecule has 0 bridgehead atoms. The van der Waals surface area contributed by atoms with Crippen LogP contribution in [-0.4, -0.2) is 29.9 Å². The Labute approximate surface area is 819 Å². The summed E-state index contributed by atoms with van der Waals surface area (Å²) < 4.78 is 63.8. The van der Waals surface area contributed by atoms with Crippen molar-refractivity contribution >= 4 is 74.4 Å². The van der Waals surface area contributed by atoms with E-state index >= 15 is 0 Å². The fourth-order valence-electron chi connectivity index (χ4n) is 14.2. The van der Waals surface area contributed by atoms with Crippen molar-refractivity contribution in [2.24, 2.45) is 0 Å². The van der Waals surface area contributed by atoms with Gasteiger partial charge in [-0.3, -0.25) is 9.97 Å². The van der Waals surface area contributed by atoms with Crippen molar-refractivity contribution in [3.63, 3.8) is 0 Å². The summed E-state index contributed by atoms with van der Waals surface area (Å²) in [5.74, 6) is 0.737. The number of hydrogen-bond donors (Lipinski definition) is 0. The number of aryl methyl sites for hydroxylation is 1. The molecular weight excluding hydrogens is 2320 g/mol. The molecule has 0 amide bonds. The third-order valence-corrected chi connectivity index (χ3v) is 22.5. The van der Waals surface area contributed by atoms with Crippen molar-refractivity contribution in [3.8, 4) is 90.1 Å². The van der Waals surface area contributed by atoms with Crippen molar-refractivity contribution in [2.75, 3.05) is 9.80 Å². The molecule has 12 aromatic carbocycles. The van der Waals surface area contributed by atoms with Gasteiger partial charge in [-0.15, -0.1) is 191 Å². The molecule has 10 nitrogen and oxygen atoms in total. The van der Waals surface area contributed by atoms with E-state index in [4.69, 9.17) is 9.60 Å². The minimum absolute atomic E-state index is 0. The normalized spacial score (nSPS) is 11.8. The number of fused-ring (bicyclic) bond motifs is 13. The summed E-state index contributed by atoms with van der Waals surface area (Å²) in [6.07, 6.45) is 16.6. The summed E-state index contributed by atoms with van der Waals surface area (Å²) in [4.78, 5) is 29.8. The van der Waals surface area contributed by atoms with E-state index in [1.165, 1.54) is 74.5 Å². The standard InChI is InChI=1S/C18H12NS.C17H10NS.C17H12N.C15H12N2.C12H10N.C11H9N2.2C11H8N.4Ir/c1-2-7-16-13(5-1)14-9-8-12-11-19-10-4-3-6-15(19)17(12)18(14)20-16;1-2-10-16-12(6-1)13-7-5-8-14(17(13)19-16)15-9-3-4-11-18-15;1-2-7-14(8-3-1)15-9-6-10-16(13-15)17-11-4-5-12-18-17;1-3-7-14(8-4-1)16-11-12-17(13-16)15-9-5-2-6-10-15;1-2-6-11-10(5-1)9-13-8-4-3-7-12(11)13;1-9-7-8-12-11(13-9)10-5-3-2-4-6-10;2*1-2-6-10(7-3-1)11-8-4-5-9-12-11;;;;/h1-10H,11H2;1-7,9-11H;1-9,11-13H;1-9,11-13H;1-8H,9H2;2-5,7-8H,1H3;2*1-6,8-9H;;;;/q+1;2*-1;-2;+1;3*-1;;;;+3/i;;;;1D,2D,3D,4D,5D,6D,7D;;;;;;;. The molecule has 21 aromatic rings. The molecule has 0 aliphatic carbocycles. The summed E-state index contributed by atoms with van der Waals surface area (Å²) in [6, 6.07) is 134. The van der Waals surface area contributed by atoms with E-state index < -0.39 is 0 Å². The third-order valence-electron chi connectivity index (χ3n) is 20.1. The van der Waals surface area contributed by atoms with Gasteiger partial charge in [0.25, 0.3) is 0 Å². The predicted molar refractivity (Wildman–Crippen MR) is 509 cm³/mol. The molecule has 0 saturated carbocycles. The van der Waals surface area contributed by atoms with Crippen LogP contribution in [0, 0.1) is 50.0 Å². The van der Waals surface area contributed by atoms with E-state index in [1.54, 1.807) is 29.4 Å². The minimum atomic E-state index is -0.344. The predicted octanol–water partition coefficient (Wildman–Crippen LogP) is 26.2. The van der Waals surface area contributed by atoms with Crippen LogP contribution in [0.4, 0.5) is 11.4 Å². The SMILES string of the molecule is Cc1ccnc(-c2[c-]cccc2)n1.[2H]c1c[n+]2c(c([2H])c1[2H])-c1c([2H])c([2H])c([2H])c([2H])c1C2.[Ir+3].[Ir].[Ir].[Ir].[c-]1ccc(-c2ccccc2)cc1-c1ccccn1.[c-]1ccc2c(sc3ccccc32)c1-c1ccccn1.[c-]1ccccc1-c1ccccn1.[c-]1ccccc1-c1ccccn1.[c-]1ccccc1N1C=CN(c2ccccc2)[CH-]1.c1cc[n+]2c(c1)-c1c(ccc3c1sc1ccccc13)C2. The second-order valence-corrected chi connectivity index (χ2v) is 30.3. The van der Waals surface area contributed by atoms with E-state index in [1.807, 2.05) is 284 Å². The molecule has 16 heteroatoms. The average molecular weight is 2410 g/mol. The number of hydrogen-bond acceptors (Lipinski definition) is 10. The molecule has 3 aliphatic rings. The maximum atomic E-state index is 7.97. The Morgan fingerprint density at radius 2 is 0.883 bits per heavy atom. The molecule has 0 spiro atoms. The number of thiophene rings is 2. The molecule has 9 aromatic heterocycles. The Hall–Kier alpha value is -13.0. The molecular formula is C112H81Ir4N10S2-2. The molecule has 3 aliphatic heterocycles. The van der Waals surface area contributed by atoms with Gasteiger partial charge in [0.1, 0.15) is 0 Å². The van der Waals surface area contributed by atoms with E-state index in [9.17, 15) is 0 Å². The van der Waals surface area contributed by atoms with Gasteiger partial charge in [-0.25, -0.2) is 0 Å². The first-order valence-electron chi connectivity index (χ1n) is 43.7. The van der Waals surface area contributed by atoms with E-state index in [2.05, 4.69) is 203 Å². The van der Waals surface area contributed by atoms with Crippen LogP contribution in [0.15, 0.2) is 444 Å². The summed E-state index contributed by atoms with van der Waals surface area (Å²) >= 11 is 3.73. The van der Waals surface area contributed by atoms with Crippen molar-refractivity contribution in [3.05, 3.63) is 504 Å². The first-order chi connectivity index (χ1) is 64.3. The van der Waals surface area contributed by atoms with Gasteiger partial charge in [0.15, 0.2) is 25.5 Å². The molecule has 0 fully saturated rings. The Morgan fingerprint density at radius 3 is 1.50 bits per heavy atom. The summed E-state index contributed by atoms with van der Waals surface area (Å²) in [6.45, 7) is 5.19. The molecule has 0 N–H and O–H groups in total. The zero-order valence-electron chi connectivity index (χ0n) is 75.7. The quantitative estimate of drug-likeness (QED) is 0.110. The minimum Gasteiger partial charge on any atom is -0.500 e. The van der Waals surface area contributed by atoms with E-state index in [0.717, 1.165) is 80.0 Å². The summed E-state index contributed by atoms with van der Waals surface area (Å²) in [5.41, 5.74) is 19.8. The van der Waals surface area contributed by atoms with Crippen molar-refractivity contribution < 1.29 is 99.2 Å². The van der Waals surface area contributed by atoms with Crippen LogP contribution in [-0.2, 0) is 93.5 Å². The van der Waals surface area contributed by atoms with Gasteiger partial charge in [-0.1, -0.05) is 169 Å². The number of anilines is 2. The van der Waals surface area contributed by atoms with Crippen LogP contribution in [0.5, 0.6) is 0 Å². The number of para-hydroxylation sites is 2. The van der Waals surface area contributed by atoms with Gasteiger partial charge in [-0.05, 0) is 130 Å². The smallest absolute Gasteiger partial charge is 0.500 e. The molecule has 128 heavy (non-hydrogen) atoms. The van der Waals surface area contributed by atoms with Gasteiger partial charge in [0.2, 0.25) is 11.4 Å². The first kappa shape index (κ1) is 83.2. The number of benzene rings is 12. The van der Waals surface area contributed by atoms with Crippen LogP contribution in [0.1, 0.15) is 26.4 Å². The van der Waals surface area contributed by atoms with Gasteiger partial charge >= 0.3 is 20.1 Å². The van der Waals surface area contributed by atoms with Crippen molar-refractivity contribution in [1.29, 1.82) is 0 Å². The second kappa shape index (κ2) is 47.0. The van der Waals surface area contributed by atoms with Crippen LogP contribution >= 0.6 is 22.7 Å². The third kappa shape index (κ3) is 23.4. The van der Waals surface area contributed by atoms with Crippen LogP contribution < -0.4 is 18.9 Å².